The minimum Gasteiger partial charge on any atom is -0.504 e. The van der Waals surface area contributed by atoms with Gasteiger partial charge in [0.1, 0.15) is 0 Å². The number of hydrogen-bond acceptors (Lipinski definition) is 7. The molecule has 20 heavy (non-hydrogen) atoms. The van der Waals surface area contributed by atoms with Crippen molar-refractivity contribution in [3.05, 3.63) is 28.5 Å². The van der Waals surface area contributed by atoms with Crippen LogP contribution in [0.25, 0.3) is 0 Å². The number of nitrogen functional groups attached to an aromatic ring is 1. The third-order valence-electron chi connectivity index (χ3n) is 2.53. The van der Waals surface area contributed by atoms with Crippen molar-refractivity contribution in [2.75, 3.05) is 18.4 Å². The first-order chi connectivity index (χ1) is 9.52. The van der Waals surface area contributed by atoms with Gasteiger partial charge in [0.05, 0.1) is 18.3 Å². The Balaban J connectivity index is 2.17. The highest BCUT2D eigenvalue weighted by Gasteiger charge is 2.07. The average Bonchev–Trinajstić information content (AvgIpc) is 2.73. The number of phenolic OH excluding ortho intramolecular Hbond substituents is 1. The highest BCUT2D eigenvalue weighted by atomic mass is 35.5. The Labute approximate surface area is 119 Å². The molecular weight excluding hydrogens is 284 g/mol. The number of methoxy groups -OCH3 is 1. The van der Waals surface area contributed by atoms with Gasteiger partial charge in [-0.25, -0.2) is 10.1 Å². The minimum atomic E-state index is -0.0417. The number of benzene rings is 1. The number of aromatic hydroxyl groups is 1. The number of nitrogens with zero attached hydrogens (tertiary/aromatic N) is 4. The fraction of sp³-hybridized carbons (Fsp3) is 0.182. The number of aromatic nitrogens is 3. The van der Waals surface area contributed by atoms with Crippen LogP contribution in [0.4, 0.5) is 5.95 Å². The first-order valence-corrected chi connectivity index (χ1v) is 5.93. The van der Waals surface area contributed by atoms with E-state index in [4.69, 9.17) is 22.2 Å². The van der Waals surface area contributed by atoms with Crippen molar-refractivity contribution in [2.24, 2.45) is 5.10 Å². The Hall–Kier alpha value is -2.48. The molecule has 1 aromatic carbocycles. The Morgan fingerprint density at radius 2 is 2.25 bits per heavy atom. The second kappa shape index (κ2) is 5.66. The van der Waals surface area contributed by atoms with Crippen molar-refractivity contribution in [1.29, 1.82) is 0 Å². The highest BCUT2D eigenvalue weighted by molar-refractivity contribution is 6.33. The van der Waals surface area contributed by atoms with E-state index in [0.29, 0.717) is 28.1 Å². The van der Waals surface area contributed by atoms with Gasteiger partial charge in [0, 0.05) is 11.6 Å². The van der Waals surface area contributed by atoms with Crippen LogP contribution in [0.3, 0.4) is 0 Å². The second-order valence-corrected chi connectivity index (χ2v) is 4.26. The zero-order valence-electron chi connectivity index (χ0n) is 10.8. The summed E-state index contributed by atoms with van der Waals surface area (Å²) in [6.45, 7) is 1.71. The van der Waals surface area contributed by atoms with Crippen LogP contribution in [-0.2, 0) is 0 Å². The predicted octanol–water partition coefficient (Wildman–Crippen LogP) is 1.11. The zero-order valence-corrected chi connectivity index (χ0v) is 11.6. The van der Waals surface area contributed by atoms with Crippen molar-refractivity contribution in [3.8, 4) is 11.5 Å². The van der Waals surface area contributed by atoms with Crippen LogP contribution in [0.2, 0.25) is 5.02 Å². The number of anilines is 1. The van der Waals surface area contributed by atoms with Crippen LogP contribution >= 0.6 is 11.6 Å². The molecule has 8 nitrogen and oxygen atoms in total. The summed E-state index contributed by atoms with van der Waals surface area (Å²) >= 11 is 5.98. The summed E-state index contributed by atoms with van der Waals surface area (Å²) < 4.78 is 6.25. The fourth-order valence-corrected chi connectivity index (χ4v) is 1.63. The van der Waals surface area contributed by atoms with Crippen molar-refractivity contribution < 1.29 is 9.84 Å². The lowest BCUT2D eigenvalue weighted by molar-refractivity contribution is 0.373. The molecule has 0 spiro atoms. The van der Waals surface area contributed by atoms with Crippen LogP contribution in [0.15, 0.2) is 17.2 Å². The molecule has 0 fully saturated rings. The van der Waals surface area contributed by atoms with Gasteiger partial charge in [-0.05, 0) is 13.0 Å². The molecule has 1 aromatic heterocycles. The molecule has 9 heteroatoms. The van der Waals surface area contributed by atoms with E-state index in [1.807, 2.05) is 0 Å². The van der Waals surface area contributed by atoms with Gasteiger partial charge in [-0.3, -0.25) is 0 Å². The van der Waals surface area contributed by atoms with E-state index in [1.54, 1.807) is 13.0 Å². The molecule has 1 heterocycles. The number of nitrogens with one attached hydrogen (secondary N) is 1. The van der Waals surface area contributed by atoms with Crippen LogP contribution in [0.1, 0.15) is 11.4 Å². The lowest BCUT2D eigenvalue weighted by Gasteiger charge is -2.06. The topological polar surface area (TPSA) is 111 Å². The van der Waals surface area contributed by atoms with Gasteiger partial charge >= 0.3 is 0 Å². The lowest BCUT2D eigenvalue weighted by atomic mass is 10.2. The molecule has 0 aliphatic heterocycles. The minimum absolute atomic E-state index is 0.0417. The van der Waals surface area contributed by atoms with Gasteiger partial charge in [-0.1, -0.05) is 11.6 Å². The summed E-state index contributed by atoms with van der Waals surface area (Å²) in [6.07, 6.45) is 1.45. The molecule has 0 saturated heterocycles. The Morgan fingerprint density at radius 3 is 2.85 bits per heavy atom. The molecule has 0 amide bonds. The summed E-state index contributed by atoms with van der Waals surface area (Å²) in [5, 5.41) is 21.4. The predicted molar refractivity (Wildman–Crippen MR) is 75.8 cm³/mol. The first kappa shape index (κ1) is 13.9. The molecule has 2 aromatic rings. The van der Waals surface area contributed by atoms with Crippen molar-refractivity contribution in [3.63, 3.8) is 0 Å². The number of phenols is 1. The molecule has 0 bridgehead atoms. The maximum absolute atomic E-state index is 9.55. The summed E-state index contributed by atoms with van der Waals surface area (Å²) in [5.74, 6) is 6.75. The lowest BCUT2D eigenvalue weighted by Crippen LogP contribution is -2.13. The van der Waals surface area contributed by atoms with E-state index < -0.39 is 0 Å². The first-order valence-electron chi connectivity index (χ1n) is 5.55. The standard InChI is InChI=1S/C11H13ClN6O2/c1-6-15-17-11(18(6)13)16-14-5-7-3-10(20-2)9(19)4-8(7)12/h3-5,19H,13H2,1-2H3,(H,16,17)/b14-5-. The van der Waals surface area contributed by atoms with Crippen LogP contribution in [0, 0.1) is 6.92 Å². The highest BCUT2D eigenvalue weighted by Crippen LogP contribution is 2.31. The number of aryl methyl sites for hydroxylation is 1. The van der Waals surface area contributed by atoms with Crippen molar-refractivity contribution >= 4 is 23.8 Å². The maximum atomic E-state index is 9.55. The molecule has 0 radical (unpaired) electrons. The molecule has 0 atom stereocenters. The third kappa shape index (κ3) is 2.75. The number of ether oxygens (including phenoxy) is 1. The Kier molecular flexibility index (Phi) is 3.94. The van der Waals surface area contributed by atoms with Gasteiger partial charge in [0.25, 0.3) is 5.95 Å². The quantitative estimate of drug-likeness (QED) is 0.443. The van der Waals surface area contributed by atoms with E-state index in [9.17, 15) is 5.11 Å². The number of halogens is 1. The van der Waals surface area contributed by atoms with Gasteiger partial charge in [0.2, 0.25) is 0 Å². The Bertz CT molecular complexity index is 655. The number of nitrogens with two attached hydrogens (primary N) is 1. The van der Waals surface area contributed by atoms with Gasteiger partial charge < -0.3 is 15.7 Å². The van der Waals surface area contributed by atoms with E-state index in [2.05, 4.69) is 20.7 Å². The van der Waals surface area contributed by atoms with E-state index in [-0.39, 0.29) is 5.75 Å². The summed E-state index contributed by atoms with van der Waals surface area (Å²) in [7, 11) is 1.45. The van der Waals surface area contributed by atoms with Crippen LogP contribution in [-0.4, -0.2) is 33.3 Å². The summed E-state index contributed by atoms with van der Waals surface area (Å²) in [5.41, 5.74) is 3.20. The second-order valence-electron chi connectivity index (χ2n) is 3.86. The number of hydrazone groups is 1. The summed E-state index contributed by atoms with van der Waals surface area (Å²) in [6, 6.07) is 2.93. The molecule has 2 rings (SSSR count). The van der Waals surface area contributed by atoms with E-state index in [0.717, 1.165) is 0 Å². The van der Waals surface area contributed by atoms with E-state index in [1.165, 1.54) is 24.1 Å². The monoisotopic (exact) mass is 296 g/mol. The molecular formula is C11H13ClN6O2. The smallest absolute Gasteiger partial charge is 0.263 e. The zero-order chi connectivity index (χ0) is 14.7. The van der Waals surface area contributed by atoms with Gasteiger partial charge in [-0.2, -0.15) is 5.10 Å². The SMILES string of the molecule is COc1cc(/C=N\Nc2nnc(C)n2N)c(Cl)cc1O. The van der Waals surface area contributed by atoms with Gasteiger partial charge in [0.15, 0.2) is 17.3 Å². The normalized spacial score (nSPS) is 10.9. The molecule has 0 aliphatic carbocycles. The van der Waals surface area contributed by atoms with Crippen LogP contribution in [0.5, 0.6) is 11.5 Å². The number of rotatable bonds is 4. The molecule has 0 aliphatic rings. The maximum Gasteiger partial charge on any atom is 0.263 e. The van der Waals surface area contributed by atoms with Gasteiger partial charge in [-0.15, -0.1) is 10.2 Å². The summed E-state index contributed by atoms with van der Waals surface area (Å²) in [4.78, 5) is 0. The van der Waals surface area contributed by atoms with E-state index >= 15 is 0 Å². The fourth-order valence-electron chi connectivity index (χ4n) is 1.43. The average molecular weight is 297 g/mol. The molecule has 4 N–H and O–H groups in total. The van der Waals surface area contributed by atoms with Crippen molar-refractivity contribution in [1.82, 2.24) is 14.9 Å². The molecule has 106 valence electrons. The largest absolute Gasteiger partial charge is 0.504 e. The van der Waals surface area contributed by atoms with Crippen LogP contribution < -0.4 is 16.0 Å². The number of hydrogen-bond donors (Lipinski definition) is 3. The Morgan fingerprint density at radius 1 is 1.50 bits per heavy atom. The molecule has 0 unspecified atom stereocenters. The third-order valence-corrected chi connectivity index (χ3v) is 2.86. The van der Waals surface area contributed by atoms with Crippen molar-refractivity contribution in [2.45, 2.75) is 6.92 Å². The molecule has 0 saturated carbocycles.